The van der Waals surface area contributed by atoms with E-state index < -0.39 is 29.1 Å². The van der Waals surface area contributed by atoms with E-state index in [-0.39, 0.29) is 13.0 Å². The number of benzene rings is 2. The van der Waals surface area contributed by atoms with Crippen LogP contribution in [0.5, 0.6) is 0 Å². The molecule has 0 unspecified atom stereocenters. The number of anilines is 2. The SMILES string of the molecule is CC(=O)N(CCC(=O)Nc1c(C)cc(C)cc1Cl)c1c(F)cccc1F. The number of amides is 2. The van der Waals surface area contributed by atoms with E-state index in [1.807, 2.05) is 19.9 Å². The Labute approximate surface area is 155 Å². The molecule has 138 valence electrons. The Balaban J connectivity index is 2.13. The Morgan fingerprint density at radius 1 is 1.15 bits per heavy atom. The molecule has 0 aliphatic heterocycles. The number of rotatable bonds is 5. The van der Waals surface area contributed by atoms with Crippen LogP contribution < -0.4 is 10.2 Å². The summed E-state index contributed by atoms with van der Waals surface area (Å²) in [5.74, 6) is -2.70. The van der Waals surface area contributed by atoms with Crippen molar-refractivity contribution in [2.45, 2.75) is 27.2 Å². The summed E-state index contributed by atoms with van der Waals surface area (Å²) in [6.07, 6.45) is -0.142. The fraction of sp³-hybridized carbons (Fsp3) is 0.263. The zero-order valence-corrected chi connectivity index (χ0v) is 15.5. The van der Waals surface area contributed by atoms with Crippen LogP contribution in [-0.4, -0.2) is 18.4 Å². The molecule has 1 N–H and O–H groups in total. The number of hydrogen-bond acceptors (Lipinski definition) is 2. The molecule has 0 fully saturated rings. The molecule has 2 aromatic rings. The Kier molecular flexibility index (Phi) is 6.32. The van der Waals surface area contributed by atoms with Crippen LogP contribution in [0.4, 0.5) is 20.2 Å². The van der Waals surface area contributed by atoms with Gasteiger partial charge in [-0.25, -0.2) is 8.78 Å². The lowest BCUT2D eigenvalue weighted by Crippen LogP contribution is -2.33. The summed E-state index contributed by atoms with van der Waals surface area (Å²) in [6, 6.07) is 6.92. The van der Waals surface area contributed by atoms with E-state index in [4.69, 9.17) is 11.6 Å². The average molecular weight is 381 g/mol. The zero-order valence-electron chi connectivity index (χ0n) is 14.7. The van der Waals surface area contributed by atoms with Crippen molar-refractivity contribution in [3.05, 3.63) is 58.1 Å². The molecule has 2 rings (SSSR count). The van der Waals surface area contributed by atoms with E-state index in [2.05, 4.69) is 5.32 Å². The predicted octanol–water partition coefficient (Wildman–Crippen LogP) is 4.62. The fourth-order valence-electron chi connectivity index (χ4n) is 2.66. The van der Waals surface area contributed by atoms with Gasteiger partial charge in [0.25, 0.3) is 0 Å². The Hall–Kier alpha value is -2.47. The summed E-state index contributed by atoms with van der Waals surface area (Å²) in [7, 11) is 0. The average Bonchev–Trinajstić information content (AvgIpc) is 2.53. The minimum absolute atomic E-state index is 0.142. The second-order valence-corrected chi connectivity index (χ2v) is 6.38. The highest BCUT2D eigenvalue weighted by molar-refractivity contribution is 6.34. The van der Waals surface area contributed by atoms with Gasteiger partial charge in [-0.3, -0.25) is 9.59 Å². The lowest BCUT2D eigenvalue weighted by atomic mass is 10.1. The van der Waals surface area contributed by atoms with Crippen LogP contribution in [0.15, 0.2) is 30.3 Å². The fourth-order valence-corrected chi connectivity index (χ4v) is 3.03. The van der Waals surface area contributed by atoms with Gasteiger partial charge in [0.15, 0.2) is 0 Å². The van der Waals surface area contributed by atoms with Gasteiger partial charge in [-0.1, -0.05) is 23.7 Å². The smallest absolute Gasteiger partial charge is 0.226 e. The van der Waals surface area contributed by atoms with Crippen LogP contribution in [0.1, 0.15) is 24.5 Å². The summed E-state index contributed by atoms with van der Waals surface area (Å²) in [4.78, 5) is 25.0. The van der Waals surface area contributed by atoms with Gasteiger partial charge in [-0.15, -0.1) is 0 Å². The predicted molar refractivity (Wildman–Crippen MR) is 98.6 cm³/mol. The molecule has 0 saturated carbocycles. The van der Waals surface area contributed by atoms with E-state index in [9.17, 15) is 18.4 Å². The Morgan fingerprint density at radius 2 is 1.77 bits per heavy atom. The highest BCUT2D eigenvalue weighted by atomic mass is 35.5. The molecule has 2 amide bonds. The lowest BCUT2D eigenvalue weighted by molar-refractivity contribution is -0.117. The topological polar surface area (TPSA) is 49.4 Å². The molecule has 0 heterocycles. The molecule has 0 atom stereocenters. The quantitative estimate of drug-likeness (QED) is 0.823. The molecule has 2 aromatic carbocycles. The number of nitrogens with one attached hydrogen (secondary N) is 1. The van der Waals surface area contributed by atoms with E-state index in [0.29, 0.717) is 10.7 Å². The van der Waals surface area contributed by atoms with E-state index in [1.165, 1.54) is 13.0 Å². The first kappa shape index (κ1) is 19.8. The van der Waals surface area contributed by atoms with Gasteiger partial charge in [0.05, 0.1) is 10.7 Å². The largest absolute Gasteiger partial charge is 0.324 e. The van der Waals surface area contributed by atoms with Crippen molar-refractivity contribution in [2.24, 2.45) is 0 Å². The molecule has 0 aliphatic rings. The van der Waals surface area contributed by atoms with Crippen molar-refractivity contribution >= 4 is 34.8 Å². The first-order valence-corrected chi connectivity index (χ1v) is 8.37. The normalized spacial score (nSPS) is 10.5. The molecule has 0 aromatic heterocycles. The van der Waals surface area contributed by atoms with Gasteiger partial charge in [0.2, 0.25) is 11.8 Å². The number of aryl methyl sites for hydroxylation is 2. The van der Waals surface area contributed by atoms with Crippen molar-refractivity contribution in [1.29, 1.82) is 0 Å². The first-order chi connectivity index (χ1) is 12.2. The second-order valence-electron chi connectivity index (χ2n) is 5.98. The van der Waals surface area contributed by atoms with Crippen molar-refractivity contribution in [3.8, 4) is 0 Å². The number of para-hydroxylation sites is 1. The molecule has 0 bridgehead atoms. The maximum absolute atomic E-state index is 13.9. The molecular formula is C19H19ClF2N2O2. The first-order valence-electron chi connectivity index (χ1n) is 7.99. The molecule has 0 aliphatic carbocycles. The van der Waals surface area contributed by atoms with Gasteiger partial charge in [0.1, 0.15) is 17.3 Å². The van der Waals surface area contributed by atoms with Gasteiger partial charge < -0.3 is 10.2 Å². The van der Waals surface area contributed by atoms with Gasteiger partial charge >= 0.3 is 0 Å². The van der Waals surface area contributed by atoms with E-state index in [0.717, 1.165) is 28.2 Å². The molecule has 0 radical (unpaired) electrons. The van der Waals surface area contributed by atoms with E-state index >= 15 is 0 Å². The number of nitrogens with zero attached hydrogens (tertiary/aromatic N) is 1. The number of hydrogen-bond donors (Lipinski definition) is 1. The zero-order chi connectivity index (χ0) is 19.4. The summed E-state index contributed by atoms with van der Waals surface area (Å²) in [5, 5.41) is 3.09. The molecule has 0 spiro atoms. The third-order valence-electron chi connectivity index (χ3n) is 3.85. The van der Waals surface area contributed by atoms with Gasteiger partial charge in [-0.2, -0.15) is 0 Å². The highest BCUT2D eigenvalue weighted by Crippen LogP contribution is 2.28. The van der Waals surface area contributed by atoms with Crippen LogP contribution in [0, 0.1) is 25.5 Å². The maximum atomic E-state index is 13.9. The molecular weight excluding hydrogens is 362 g/mol. The molecule has 7 heteroatoms. The van der Waals surface area contributed by atoms with Crippen molar-refractivity contribution in [2.75, 3.05) is 16.8 Å². The van der Waals surface area contributed by atoms with E-state index in [1.54, 1.807) is 6.07 Å². The minimum atomic E-state index is -0.863. The molecule has 26 heavy (non-hydrogen) atoms. The van der Waals surface area contributed by atoms with Crippen LogP contribution >= 0.6 is 11.6 Å². The summed E-state index contributed by atoms with van der Waals surface area (Å²) >= 11 is 6.15. The summed E-state index contributed by atoms with van der Waals surface area (Å²) < 4.78 is 27.8. The Morgan fingerprint density at radius 3 is 2.31 bits per heavy atom. The van der Waals surface area contributed by atoms with Crippen LogP contribution in [-0.2, 0) is 9.59 Å². The monoisotopic (exact) mass is 380 g/mol. The highest BCUT2D eigenvalue weighted by Gasteiger charge is 2.21. The lowest BCUT2D eigenvalue weighted by Gasteiger charge is -2.22. The molecule has 0 saturated heterocycles. The number of carbonyl (C=O) groups is 2. The van der Waals surface area contributed by atoms with Crippen LogP contribution in [0.2, 0.25) is 5.02 Å². The standard InChI is InChI=1S/C19H19ClF2N2O2/c1-11-9-12(2)18(14(20)10-11)23-17(26)7-8-24(13(3)25)19-15(21)5-4-6-16(19)22/h4-6,9-10H,7-8H2,1-3H3,(H,23,26). The number of carbonyl (C=O) groups excluding carboxylic acids is 2. The second kappa shape index (κ2) is 8.27. The third-order valence-corrected chi connectivity index (χ3v) is 4.14. The molecule has 4 nitrogen and oxygen atoms in total. The minimum Gasteiger partial charge on any atom is -0.324 e. The third kappa shape index (κ3) is 4.58. The van der Waals surface area contributed by atoms with Crippen molar-refractivity contribution < 1.29 is 18.4 Å². The van der Waals surface area contributed by atoms with Crippen LogP contribution in [0.3, 0.4) is 0 Å². The Bertz CT molecular complexity index is 812. The number of halogens is 3. The van der Waals surface area contributed by atoms with Crippen molar-refractivity contribution in [1.82, 2.24) is 0 Å². The summed E-state index contributed by atoms with van der Waals surface area (Å²) in [5.41, 5.74) is 1.78. The van der Waals surface area contributed by atoms with Gasteiger partial charge in [0, 0.05) is 19.9 Å². The maximum Gasteiger partial charge on any atom is 0.226 e. The van der Waals surface area contributed by atoms with Crippen molar-refractivity contribution in [3.63, 3.8) is 0 Å². The summed E-state index contributed by atoms with van der Waals surface area (Å²) in [6.45, 7) is 4.72. The van der Waals surface area contributed by atoms with Gasteiger partial charge in [-0.05, 0) is 43.2 Å². The van der Waals surface area contributed by atoms with Crippen LogP contribution in [0.25, 0.3) is 0 Å².